The summed E-state index contributed by atoms with van der Waals surface area (Å²) in [5, 5.41) is 14.0. The maximum Gasteiger partial charge on any atom is 0.271 e. The Hall–Kier alpha value is -2.43. The molecule has 22 heavy (non-hydrogen) atoms. The van der Waals surface area contributed by atoms with Crippen LogP contribution >= 0.6 is 0 Å². The van der Waals surface area contributed by atoms with Crippen LogP contribution in [-0.4, -0.2) is 22.6 Å². The van der Waals surface area contributed by atoms with E-state index in [0.29, 0.717) is 24.0 Å². The van der Waals surface area contributed by atoms with Gasteiger partial charge in [0.2, 0.25) is 0 Å². The third-order valence-electron chi connectivity index (χ3n) is 3.06. The van der Waals surface area contributed by atoms with Crippen LogP contribution in [0.2, 0.25) is 0 Å². The Morgan fingerprint density at radius 3 is 2.32 bits per heavy atom. The number of carbonyl (C=O) groups is 1. The van der Waals surface area contributed by atoms with Crippen molar-refractivity contribution < 1.29 is 4.79 Å². The van der Waals surface area contributed by atoms with Crippen molar-refractivity contribution in [2.45, 2.75) is 27.7 Å². The van der Waals surface area contributed by atoms with Gasteiger partial charge < -0.3 is 10.6 Å². The third kappa shape index (κ3) is 4.55. The van der Waals surface area contributed by atoms with Gasteiger partial charge in [0, 0.05) is 12.2 Å². The normalized spacial score (nSPS) is 10.6. The highest BCUT2D eigenvalue weighted by molar-refractivity contribution is 5.92. The molecule has 5 nitrogen and oxygen atoms in total. The van der Waals surface area contributed by atoms with Crippen molar-refractivity contribution in [1.29, 1.82) is 0 Å². The zero-order valence-corrected chi connectivity index (χ0v) is 13.5. The molecule has 116 valence electrons. The molecule has 0 unspecified atom stereocenters. The Balaban J connectivity index is 2.04. The molecule has 1 amide bonds. The summed E-state index contributed by atoms with van der Waals surface area (Å²) in [6, 6.07) is 9.62. The maximum absolute atomic E-state index is 11.9. The van der Waals surface area contributed by atoms with Gasteiger partial charge in [-0.05, 0) is 55.2 Å². The van der Waals surface area contributed by atoms with Gasteiger partial charge in [-0.3, -0.25) is 4.79 Å². The smallest absolute Gasteiger partial charge is 0.271 e. The number of nitrogens with zero attached hydrogens (tertiary/aromatic N) is 2. The molecule has 2 N–H and O–H groups in total. The molecule has 0 spiro atoms. The van der Waals surface area contributed by atoms with Gasteiger partial charge in [-0.2, -0.15) is 0 Å². The van der Waals surface area contributed by atoms with Crippen molar-refractivity contribution in [1.82, 2.24) is 15.5 Å². The first kappa shape index (κ1) is 15.9. The van der Waals surface area contributed by atoms with Crippen LogP contribution in [0.5, 0.6) is 0 Å². The van der Waals surface area contributed by atoms with Crippen LogP contribution in [0.15, 0.2) is 30.3 Å². The molecule has 0 fully saturated rings. The van der Waals surface area contributed by atoms with Crippen LogP contribution in [0.4, 0.5) is 11.5 Å². The Labute approximate surface area is 131 Å². The Kier molecular flexibility index (Phi) is 5.09. The summed E-state index contributed by atoms with van der Waals surface area (Å²) < 4.78 is 0. The number of nitrogens with one attached hydrogen (secondary N) is 2. The molecule has 2 rings (SSSR count). The second-order valence-corrected chi connectivity index (χ2v) is 5.91. The fraction of sp³-hybridized carbons (Fsp3) is 0.353. The molecule has 0 atom stereocenters. The SMILES string of the molecule is Cc1cc(C)cc(Nc2ccc(C(=O)NCC(C)C)nn2)c1. The zero-order chi connectivity index (χ0) is 16.1. The van der Waals surface area contributed by atoms with E-state index in [4.69, 9.17) is 0 Å². The lowest BCUT2D eigenvalue weighted by Gasteiger charge is -2.09. The van der Waals surface area contributed by atoms with Gasteiger partial charge in [0.05, 0.1) is 0 Å². The standard InChI is InChI=1S/C17H22N4O/c1-11(2)10-18-17(22)15-5-6-16(21-20-15)19-14-8-12(3)7-13(4)9-14/h5-9,11H,10H2,1-4H3,(H,18,22)(H,19,21). The van der Waals surface area contributed by atoms with E-state index >= 15 is 0 Å². The lowest BCUT2D eigenvalue weighted by Crippen LogP contribution is -2.28. The maximum atomic E-state index is 11.9. The third-order valence-corrected chi connectivity index (χ3v) is 3.06. The summed E-state index contributed by atoms with van der Waals surface area (Å²) in [6.45, 7) is 8.81. The fourth-order valence-corrected chi connectivity index (χ4v) is 2.10. The quantitative estimate of drug-likeness (QED) is 0.889. The summed E-state index contributed by atoms with van der Waals surface area (Å²) in [5.41, 5.74) is 3.65. The number of hydrogen-bond donors (Lipinski definition) is 2. The molecular formula is C17H22N4O. The van der Waals surface area contributed by atoms with Crippen molar-refractivity contribution in [3.8, 4) is 0 Å². The van der Waals surface area contributed by atoms with Crippen molar-refractivity contribution in [2.24, 2.45) is 5.92 Å². The average Bonchev–Trinajstić information content (AvgIpc) is 2.44. The number of aryl methyl sites for hydroxylation is 2. The first-order valence-corrected chi connectivity index (χ1v) is 7.41. The van der Waals surface area contributed by atoms with Gasteiger partial charge >= 0.3 is 0 Å². The van der Waals surface area contributed by atoms with E-state index in [0.717, 1.165) is 5.69 Å². The highest BCUT2D eigenvalue weighted by Gasteiger charge is 2.08. The van der Waals surface area contributed by atoms with Crippen LogP contribution < -0.4 is 10.6 Å². The van der Waals surface area contributed by atoms with E-state index < -0.39 is 0 Å². The molecule has 1 aromatic heterocycles. The van der Waals surface area contributed by atoms with Gasteiger partial charge in [-0.25, -0.2) is 0 Å². The molecule has 2 aromatic rings. The number of hydrogen-bond acceptors (Lipinski definition) is 4. The molecule has 0 aliphatic rings. The van der Waals surface area contributed by atoms with Crippen molar-refractivity contribution in [3.05, 3.63) is 47.2 Å². The second kappa shape index (κ2) is 7.02. The fourth-order valence-electron chi connectivity index (χ4n) is 2.10. The van der Waals surface area contributed by atoms with Gasteiger partial charge in [-0.15, -0.1) is 10.2 Å². The molecule has 5 heteroatoms. The van der Waals surface area contributed by atoms with Crippen LogP contribution in [0, 0.1) is 19.8 Å². The van der Waals surface area contributed by atoms with E-state index in [-0.39, 0.29) is 5.91 Å². The molecule has 0 bridgehead atoms. The number of anilines is 2. The number of carbonyl (C=O) groups excluding carboxylic acids is 1. The molecular weight excluding hydrogens is 276 g/mol. The van der Waals surface area contributed by atoms with Crippen LogP contribution in [0.1, 0.15) is 35.5 Å². The minimum atomic E-state index is -0.195. The van der Waals surface area contributed by atoms with E-state index in [1.165, 1.54) is 11.1 Å². The van der Waals surface area contributed by atoms with Gasteiger partial charge in [0.15, 0.2) is 11.5 Å². The van der Waals surface area contributed by atoms with Gasteiger partial charge in [-0.1, -0.05) is 19.9 Å². The first-order chi connectivity index (χ1) is 10.4. The van der Waals surface area contributed by atoms with Crippen LogP contribution in [0.25, 0.3) is 0 Å². The van der Waals surface area contributed by atoms with E-state index in [1.807, 2.05) is 39.8 Å². The minimum Gasteiger partial charge on any atom is -0.350 e. The Morgan fingerprint density at radius 2 is 1.77 bits per heavy atom. The molecule has 1 heterocycles. The van der Waals surface area contributed by atoms with Crippen molar-refractivity contribution in [3.63, 3.8) is 0 Å². The average molecular weight is 298 g/mol. The first-order valence-electron chi connectivity index (χ1n) is 7.41. The Bertz CT molecular complexity index is 630. The van der Waals surface area contributed by atoms with Gasteiger partial charge in [0.1, 0.15) is 0 Å². The molecule has 0 aliphatic heterocycles. The molecule has 0 radical (unpaired) electrons. The number of amides is 1. The van der Waals surface area contributed by atoms with E-state index in [2.05, 4.69) is 26.9 Å². The lowest BCUT2D eigenvalue weighted by atomic mass is 10.1. The largest absolute Gasteiger partial charge is 0.350 e. The van der Waals surface area contributed by atoms with Crippen LogP contribution in [-0.2, 0) is 0 Å². The molecule has 0 aliphatic carbocycles. The topological polar surface area (TPSA) is 66.9 Å². The van der Waals surface area contributed by atoms with E-state index in [1.54, 1.807) is 12.1 Å². The monoisotopic (exact) mass is 298 g/mol. The number of aromatic nitrogens is 2. The Morgan fingerprint density at radius 1 is 1.09 bits per heavy atom. The summed E-state index contributed by atoms with van der Waals surface area (Å²) in [5.74, 6) is 0.826. The van der Waals surface area contributed by atoms with Crippen LogP contribution in [0.3, 0.4) is 0 Å². The summed E-state index contributed by atoms with van der Waals surface area (Å²) in [6.07, 6.45) is 0. The van der Waals surface area contributed by atoms with E-state index in [9.17, 15) is 4.79 Å². The molecule has 1 aromatic carbocycles. The molecule has 0 saturated heterocycles. The highest BCUT2D eigenvalue weighted by Crippen LogP contribution is 2.17. The molecule has 0 saturated carbocycles. The van der Waals surface area contributed by atoms with Crippen molar-refractivity contribution >= 4 is 17.4 Å². The highest BCUT2D eigenvalue weighted by atomic mass is 16.1. The number of benzene rings is 1. The summed E-state index contributed by atoms with van der Waals surface area (Å²) in [4.78, 5) is 11.9. The minimum absolute atomic E-state index is 0.195. The van der Waals surface area contributed by atoms with Gasteiger partial charge in [0.25, 0.3) is 5.91 Å². The lowest BCUT2D eigenvalue weighted by molar-refractivity contribution is 0.0943. The number of rotatable bonds is 5. The summed E-state index contributed by atoms with van der Waals surface area (Å²) in [7, 11) is 0. The second-order valence-electron chi connectivity index (χ2n) is 5.91. The predicted octanol–water partition coefficient (Wildman–Crippen LogP) is 3.22. The predicted molar refractivity (Wildman–Crippen MR) is 88.4 cm³/mol. The summed E-state index contributed by atoms with van der Waals surface area (Å²) >= 11 is 0. The van der Waals surface area contributed by atoms with Crippen molar-refractivity contribution in [2.75, 3.05) is 11.9 Å². The zero-order valence-electron chi connectivity index (χ0n) is 13.5.